The van der Waals surface area contributed by atoms with E-state index in [0.717, 1.165) is 42.9 Å². The molecular weight excluding hydrogens is 383 g/mol. The maximum absolute atomic E-state index is 13.4. The van der Waals surface area contributed by atoms with Crippen LogP contribution in [0.1, 0.15) is 22.7 Å². The van der Waals surface area contributed by atoms with Crippen molar-refractivity contribution in [2.24, 2.45) is 0 Å². The van der Waals surface area contributed by atoms with E-state index in [0.29, 0.717) is 5.69 Å². The highest BCUT2D eigenvalue weighted by Gasteiger charge is 2.25. The topological polar surface area (TPSA) is 64.7 Å². The summed E-state index contributed by atoms with van der Waals surface area (Å²) < 4.78 is 13.4. The number of anilines is 1. The molecular formula is C23H29FN4O2. The van der Waals surface area contributed by atoms with Crippen LogP contribution in [0.4, 0.5) is 10.1 Å². The van der Waals surface area contributed by atoms with E-state index in [1.54, 1.807) is 18.2 Å². The molecule has 1 unspecified atom stereocenters. The van der Waals surface area contributed by atoms with Gasteiger partial charge >= 0.3 is 11.8 Å². The Morgan fingerprint density at radius 1 is 0.967 bits per heavy atom. The number of aryl methyl sites for hydroxylation is 2. The molecule has 30 heavy (non-hydrogen) atoms. The summed E-state index contributed by atoms with van der Waals surface area (Å²) in [6.45, 7) is 7.72. The number of hydrogen-bond donors (Lipinski definition) is 2. The first-order chi connectivity index (χ1) is 14.3. The molecule has 1 aliphatic heterocycles. The van der Waals surface area contributed by atoms with Crippen LogP contribution in [0, 0.1) is 19.7 Å². The highest BCUT2D eigenvalue weighted by molar-refractivity contribution is 6.39. The molecule has 7 heteroatoms. The van der Waals surface area contributed by atoms with E-state index >= 15 is 0 Å². The van der Waals surface area contributed by atoms with Crippen molar-refractivity contribution in [1.29, 1.82) is 0 Å². The molecule has 1 heterocycles. The highest BCUT2D eigenvalue weighted by atomic mass is 19.1. The second-order valence-electron chi connectivity index (χ2n) is 7.87. The molecule has 160 valence electrons. The third kappa shape index (κ3) is 5.64. The van der Waals surface area contributed by atoms with E-state index in [-0.39, 0.29) is 18.4 Å². The van der Waals surface area contributed by atoms with Gasteiger partial charge in [0.15, 0.2) is 0 Å². The minimum absolute atomic E-state index is 0.127. The number of nitrogens with one attached hydrogen (secondary N) is 2. The average molecular weight is 413 g/mol. The largest absolute Gasteiger partial charge is 0.346 e. The van der Waals surface area contributed by atoms with E-state index in [4.69, 9.17) is 0 Å². The van der Waals surface area contributed by atoms with Crippen LogP contribution in [-0.2, 0) is 9.59 Å². The Balaban J connectivity index is 1.65. The molecule has 0 aliphatic carbocycles. The van der Waals surface area contributed by atoms with E-state index in [2.05, 4.69) is 27.5 Å². The van der Waals surface area contributed by atoms with Crippen molar-refractivity contribution in [3.8, 4) is 0 Å². The Labute approximate surface area is 177 Å². The summed E-state index contributed by atoms with van der Waals surface area (Å²) in [4.78, 5) is 29.2. The zero-order valence-corrected chi connectivity index (χ0v) is 17.7. The maximum atomic E-state index is 13.4. The molecule has 3 rings (SSSR count). The second kappa shape index (κ2) is 9.82. The van der Waals surface area contributed by atoms with Crippen LogP contribution in [0.3, 0.4) is 0 Å². The lowest BCUT2D eigenvalue weighted by atomic mass is 10.0. The summed E-state index contributed by atoms with van der Waals surface area (Å²) in [6, 6.07) is 11.7. The Morgan fingerprint density at radius 2 is 1.63 bits per heavy atom. The molecule has 2 amide bonds. The van der Waals surface area contributed by atoms with Gasteiger partial charge in [0.25, 0.3) is 0 Å². The van der Waals surface area contributed by atoms with Crippen LogP contribution in [0.2, 0.25) is 0 Å². The zero-order chi connectivity index (χ0) is 21.7. The molecule has 1 fully saturated rings. The first-order valence-electron chi connectivity index (χ1n) is 10.2. The van der Waals surface area contributed by atoms with E-state index in [1.165, 1.54) is 12.1 Å². The van der Waals surface area contributed by atoms with E-state index < -0.39 is 11.8 Å². The minimum Gasteiger partial charge on any atom is -0.346 e. The van der Waals surface area contributed by atoms with Gasteiger partial charge in [-0.25, -0.2) is 4.39 Å². The van der Waals surface area contributed by atoms with Gasteiger partial charge in [0.1, 0.15) is 5.82 Å². The van der Waals surface area contributed by atoms with Crippen LogP contribution in [0.5, 0.6) is 0 Å². The summed E-state index contributed by atoms with van der Waals surface area (Å²) in [5, 5.41) is 5.40. The number of benzene rings is 2. The number of nitrogens with zero attached hydrogens (tertiary/aromatic N) is 2. The van der Waals surface area contributed by atoms with Crippen molar-refractivity contribution in [3.63, 3.8) is 0 Å². The fourth-order valence-electron chi connectivity index (χ4n) is 3.55. The standard InChI is InChI=1S/C23H29FN4O2/c1-16-4-9-20(14-17(16)2)26-23(30)22(29)25-15-21(18-5-7-19(24)8-6-18)28-12-10-27(3)11-13-28/h4-9,14,21H,10-13,15H2,1-3H3,(H,25,29)(H,26,30). The monoisotopic (exact) mass is 412 g/mol. The normalized spacial score (nSPS) is 16.1. The van der Waals surface area contributed by atoms with Crippen molar-refractivity contribution in [1.82, 2.24) is 15.1 Å². The lowest BCUT2D eigenvalue weighted by molar-refractivity contribution is -0.136. The summed E-state index contributed by atoms with van der Waals surface area (Å²) in [6.07, 6.45) is 0. The van der Waals surface area contributed by atoms with Gasteiger partial charge in [-0.1, -0.05) is 18.2 Å². The third-order valence-corrected chi connectivity index (χ3v) is 5.66. The summed E-state index contributed by atoms with van der Waals surface area (Å²) in [5.74, 6) is -1.68. The van der Waals surface area contributed by atoms with Gasteiger partial charge in [-0.05, 0) is 61.9 Å². The molecule has 0 bridgehead atoms. The predicted molar refractivity (Wildman–Crippen MR) is 116 cm³/mol. The van der Waals surface area contributed by atoms with Gasteiger partial charge in [0.2, 0.25) is 0 Å². The Kier molecular flexibility index (Phi) is 7.18. The molecule has 2 aromatic carbocycles. The lowest BCUT2D eigenvalue weighted by Gasteiger charge is -2.38. The highest BCUT2D eigenvalue weighted by Crippen LogP contribution is 2.22. The Hall–Kier alpha value is -2.77. The Bertz CT molecular complexity index is 893. The number of carbonyl (C=O) groups is 2. The number of piperazine rings is 1. The number of halogens is 1. The van der Waals surface area contributed by atoms with E-state index in [1.807, 2.05) is 26.0 Å². The predicted octanol–water partition coefficient (Wildman–Crippen LogP) is 2.49. The Morgan fingerprint density at radius 3 is 2.27 bits per heavy atom. The number of carbonyl (C=O) groups excluding carboxylic acids is 2. The summed E-state index contributed by atoms with van der Waals surface area (Å²) in [5.41, 5.74) is 3.66. The number of hydrogen-bond acceptors (Lipinski definition) is 4. The van der Waals surface area contributed by atoms with Gasteiger partial charge in [0, 0.05) is 38.4 Å². The molecule has 1 atom stereocenters. The van der Waals surface area contributed by atoms with Gasteiger partial charge in [-0.15, -0.1) is 0 Å². The quantitative estimate of drug-likeness (QED) is 0.741. The van der Waals surface area contributed by atoms with Crippen molar-refractivity contribution in [2.45, 2.75) is 19.9 Å². The van der Waals surface area contributed by atoms with E-state index in [9.17, 15) is 14.0 Å². The van der Waals surface area contributed by atoms with Crippen LogP contribution in [0.25, 0.3) is 0 Å². The smallest absolute Gasteiger partial charge is 0.313 e. The van der Waals surface area contributed by atoms with Crippen LogP contribution in [0.15, 0.2) is 42.5 Å². The second-order valence-corrected chi connectivity index (χ2v) is 7.87. The van der Waals surface area contributed by atoms with Crippen LogP contribution in [-0.4, -0.2) is 61.4 Å². The molecule has 0 spiro atoms. The third-order valence-electron chi connectivity index (χ3n) is 5.66. The van der Waals surface area contributed by atoms with Gasteiger partial charge < -0.3 is 15.5 Å². The maximum Gasteiger partial charge on any atom is 0.313 e. The summed E-state index contributed by atoms with van der Waals surface area (Å²) in [7, 11) is 2.07. The lowest BCUT2D eigenvalue weighted by Crippen LogP contribution is -2.49. The first-order valence-corrected chi connectivity index (χ1v) is 10.2. The molecule has 0 aromatic heterocycles. The average Bonchev–Trinajstić information content (AvgIpc) is 2.73. The van der Waals surface area contributed by atoms with Gasteiger partial charge in [0.05, 0.1) is 6.04 Å². The molecule has 0 radical (unpaired) electrons. The zero-order valence-electron chi connectivity index (χ0n) is 17.7. The number of rotatable bonds is 5. The first kappa shape index (κ1) is 21.9. The summed E-state index contributed by atoms with van der Waals surface area (Å²) >= 11 is 0. The van der Waals surface area contributed by atoms with Gasteiger partial charge in [-0.2, -0.15) is 0 Å². The van der Waals surface area contributed by atoms with Crippen LogP contribution >= 0.6 is 0 Å². The number of amides is 2. The minimum atomic E-state index is -0.700. The molecule has 6 nitrogen and oxygen atoms in total. The van der Waals surface area contributed by atoms with Crippen molar-refractivity contribution in [3.05, 3.63) is 65.0 Å². The molecule has 2 aromatic rings. The number of likely N-dealkylation sites (N-methyl/N-ethyl adjacent to an activating group) is 1. The molecule has 2 N–H and O–H groups in total. The molecule has 1 aliphatic rings. The fraction of sp³-hybridized carbons (Fsp3) is 0.391. The van der Waals surface area contributed by atoms with Crippen molar-refractivity contribution >= 4 is 17.5 Å². The fourth-order valence-corrected chi connectivity index (χ4v) is 3.55. The molecule has 0 saturated carbocycles. The van der Waals surface area contributed by atoms with Crippen molar-refractivity contribution in [2.75, 3.05) is 45.1 Å². The van der Waals surface area contributed by atoms with Gasteiger partial charge in [-0.3, -0.25) is 14.5 Å². The van der Waals surface area contributed by atoms with Crippen LogP contribution < -0.4 is 10.6 Å². The SMILES string of the molecule is Cc1ccc(NC(=O)C(=O)NCC(c2ccc(F)cc2)N2CCN(C)CC2)cc1C. The van der Waals surface area contributed by atoms with Crippen molar-refractivity contribution < 1.29 is 14.0 Å². The molecule has 1 saturated heterocycles.